The van der Waals surface area contributed by atoms with E-state index in [9.17, 15) is 22.8 Å². The summed E-state index contributed by atoms with van der Waals surface area (Å²) in [4.78, 5) is 28.1. The standard InChI is InChI=1S/C16H21F3N2O2/c1-10-8-11(2)20-15(23)14(10)12(22)9-13(16(17,18)19)21-6-4-3-5-7-21/h8,13H,3-7,9H2,1-2H3,(H,20,23)/t13-/m0/s1. The van der Waals surface area contributed by atoms with Crippen LogP contribution in [0.25, 0.3) is 0 Å². The maximum absolute atomic E-state index is 13.4. The van der Waals surface area contributed by atoms with E-state index >= 15 is 0 Å². The number of nitrogens with zero attached hydrogens (tertiary/aromatic N) is 1. The van der Waals surface area contributed by atoms with Crippen LogP contribution in [0.1, 0.15) is 47.3 Å². The van der Waals surface area contributed by atoms with Crippen LogP contribution in [0.4, 0.5) is 13.2 Å². The Kier molecular flexibility index (Phi) is 5.29. The molecule has 1 aromatic rings. The Morgan fingerprint density at radius 1 is 1.26 bits per heavy atom. The lowest BCUT2D eigenvalue weighted by atomic mass is 9.98. The first-order chi connectivity index (χ1) is 10.7. The Bertz CT molecular complexity index is 631. The smallest absolute Gasteiger partial charge is 0.326 e. The average Bonchev–Trinajstić information content (AvgIpc) is 2.43. The van der Waals surface area contributed by atoms with Crippen molar-refractivity contribution in [3.8, 4) is 0 Å². The van der Waals surface area contributed by atoms with E-state index in [1.54, 1.807) is 19.9 Å². The number of aromatic amines is 1. The topological polar surface area (TPSA) is 53.2 Å². The number of nitrogens with one attached hydrogen (secondary N) is 1. The molecule has 1 aliphatic rings. The Hall–Kier alpha value is -1.63. The summed E-state index contributed by atoms with van der Waals surface area (Å²) >= 11 is 0. The summed E-state index contributed by atoms with van der Waals surface area (Å²) < 4.78 is 40.1. The number of hydrogen-bond acceptors (Lipinski definition) is 3. The maximum atomic E-state index is 13.4. The van der Waals surface area contributed by atoms with Crippen LogP contribution in [0, 0.1) is 13.8 Å². The van der Waals surface area contributed by atoms with Gasteiger partial charge in [0.15, 0.2) is 5.78 Å². The van der Waals surface area contributed by atoms with Gasteiger partial charge in [-0.25, -0.2) is 0 Å². The molecule has 2 heterocycles. The van der Waals surface area contributed by atoms with Gasteiger partial charge in [-0.05, 0) is 51.4 Å². The van der Waals surface area contributed by atoms with Gasteiger partial charge >= 0.3 is 6.18 Å². The molecule has 0 aromatic carbocycles. The van der Waals surface area contributed by atoms with E-state index in [-0.39, 0.29) is 5.56 Å². The zero-order chi connectivity index (χ0) is 17.2. The molecule has 7 heteroatoms. The number of pyridine rings is 1. The Labute approximate surface area is 132 Å². The summed E-state index contributed by atoms with van der Waals surface area (Å²) in [5, 5.41) is 0. The van der Waals surface area contributed by atoms with Crippen molar-refractivity contribution < 1.29 is 18.0 Å². The van der Waals surface area contributed by atoms with Gasteiger partial charge in [0.25, 0.3) is 5.56 Å². The van der Waals surface area contributed by atoms with Crippen LogP contribution in [0.5, 0.6) is 0 Å². The zero-order valence-electron chi connectivity index (χ0n) is 13.3. The largest absolute Gasteiger partial charge is 0.404 e. The van der Waals surface area contributed by atoms with Crippen molar-refractivity contribution in [2.24, 2.45) is 0 Å². The number of likely N-dealkylation sites (tertiary alicyclic amines) is 1. The Morgan fingerprint density at radius 3 is 2.39 bits per heavy atom. The van der Waals surface area contributed by atoms with Gasteiger partial charge in [-0.15, -0.1) is 0 Å². The highest BCUT2D eigenvalue weighted by molar-refractivity contribution is 5.97. The van der Waals surface area contributed by atoms with Gasteiger partial charge < -0.3 is 4.98 Å². The van der Waals surface area contributed by atoms with Crippen LogP contribution in [-0.2, 0) is 0 Å². The lowest BCUT2D eigenvalue weighted by Crippen LogP contribution is -2.49. The van der Waals surface area contributed by atoms with E-state index in [1.807, 2.05) is 0 Å². The van der Waals surface area contributed by atoms with Crippen LogP contribution in [0.3, 0.4) is 0 Å². The van der Waals surface area contributed by atoms with Crippen molar-refractivity contribution in [3.63, 3.8) is 0 Å². The molecule has 1 atom stereocenters. The molecule has 2 rings (SSSR count). The molecule has 128 valence electrons. The van der Waals surface area contributed by atoms with Crippen molar-refractivity contribution in [2.45, 2.75) is 51.7 Å². The van der Waals surface area contributed by atoms with E-state index in [1.165, 1.54) is 4.90 Å². The number of piperidine rings is 1. The average molecular weight is 330 g/mol. The SMILES string of the molecule is Cc1cc(C)c(C(=O)C[C@H](N2CCCCC2)C(F)(F)F)c(=O)[nH]1. The number of Topliss-reactive ketones (excluding diaryl/α,β-unsaturated/α-hetero) is 1. The summed E-state index contributed by atoms with van der Waals surface area (Å²) in [5.41, 5.74) is 0.206. The number of alkyl halides is 3. The van der Waals surface area contributed by atoms with Crippen LogP contribution >= 0.6 is 0 Å². The van der Waals surface area contributed by atoms with E-state index in [0.29, 0.717) is 37.2 Å². The molecule has 0 spiro atoms. The first-order valence-corrected chi connectivity index (χ1v) is 7.74. The highest BCUT2D eigenvalue weighted by Crippen LogP contribution is 2.30. The van der Waals surface area contributed by atoms with Crippen LogP contribution in [0.15, 0.2) is 10.9 Å². The fraction of sp³-hybridized carbons (Fsp3) is 0.625. The number of halogens is 3. The highest BCUT2D eigenvalue weighted by atomic mass is 19.4. The lowest BCUT2D eigenvalue weighted by Gasteiger charge is -2.35. The predicted molar refractivity (Wildman–Crippen MR) is 80.8 cm³/mol. The third-order valence-electron chi connectivity index (χ3n) is 4.23. The third kappa shape index (κ3) is 4.22. The maximum Gasteiger partial charge on any atom is 0.404 e. The number of aryl methyl sites for hydroxylation is 2. The number of ketones is 1. The monoisotopic (exact) mass is 330 g/mol. The van der Waals surface area contributed by atoms with E-state index in [2.05, 4.69) is 4.98 Å². The molecular formula is C16H21F3N2O2. The molecule has 1 fully saturated rings. The molecule has 0 saturated carbocycles. The fourth-order valence-corrected chi connectivity index (χ4v) is 3.16. The van der Waals surface area contributed by atoms with Crippen LogP contribution < -0.4 is 5.56 Å². The molecule has 0 amide bonds. The van der Waals surface area contributed by atoms with Gasteiger partial charge in [-0.1, -0.05) is 6.42 Å². The molecule has 1 aliphatic heterocycles. The van der Waals surface area contributed by atoms with E-state index in [4.69, 9.17) is 0 Å². The van der Waals surface area contributed by atoms with Gasteiger partial charge in [0.05, 0.1) is 5.56 Å². The Balaban J connectivity index is 2.26. The quantitative estimate of drug-likeness (QED) is 0.864. The van der Waals surface area contributed by atoms with Gasteiger partial charge in [-0.2, -0.15) is 13.2 Å². The Morgan fingerprint density at radius 2 is 1.87 bits per heavy atom. The summed E-state index contributed by atoms with van der Waals surface area (Å²) in [5.74, 6) is -0.753. The van der Waals surface area contributed by atoms with Gasteiger partial charge in [0.2, 0.25) is 0 Å². The number of hydrogen-bond donors (Lipinski definition) is 1. The van der Waals surface area contributed by atoms with Gasteiger partial charge in [0.1, 0.15) is 6.04 Å². The van der Waals surface area contributed by atoms with Gasteiger partial charge in [0, 0.05) is 12.1 Å². The van der Waals surface area contributed by atoms with Crippen molar-refractivity contribution >= 4 is 5.78 Å². The van der Waals surface area contributed by atoms with Crippen LogP contribution in [0.2, 0.25) is 0 Å². The summed E-state index contributed by atoms with van der Waals surface area (Å²) in [6.07, 6.45) is -2.89. The second kappa shape index (κ2) is 6.86. The summed E-state index contributed by atoms with van der Waals surface area (Å²) in [7, 11) is 0. The van der Waals surface area contributed by atoms with Crippen molar-refractivity contribution in [1.29, 1.82) is 0 Å². The number of H-pyrrole nitrogens is 1. The number of rotatable bonds is 4. The van der Waals surface area contributed by atoms with Crippen LogP contribution in [-0.4, -0.2) is 41.0 Å². The molecular weight excluding hydrogens is 309 g/mol. The van der Waals surface area contributed by atoms with Crippen molar-refractivity contribution in [2.75, 3.05) is 13.1 Å². The molecule has 4 nitrogen and oxygen atoms in total. The highest BCUT2D eigenvalue weighted by Gasteiger charge is 2.45. The molecule has 0 bridgehead atoms. The normalized spacial score (nSPS) is 18.0. The zero-order valence-corrected chi connectivity index (χ0v) is 13.3. The fourth-order valence-electron chi connectivity index (χ4n) is 3.16. The van der Waals surface area contributed by atoms with Gasteiger partial charge in [-0.3, -0.25) is 14.5 Å². The molecule has 0 aliphatic carbocycles. The van der Waals surface area contributed by atoms with Crippen molar-refractivity contribution in [3.05, 3.63) is 33.2 Å². The molecule has 1 saturated heterocycles. The molecule has 0 radical (unpaired) electrons. The minimum atomic E-state index is -4.49. The molecule has 0 unspecified atom stereocenters. The first kappa shape index (κ1) is 17.7. The number of carbonyl (C=O) groups is 1. The number of carbonyl (C=O) groups excluding carboxylic acids is 1. The van der Waals surface area contributed by atoms with Crippen molar-refractivity contribution in [1.82, 2.24) is 9.88 Å². The first-order valence-electron chi connectivity index (χ1n) is 7.74. The van der Waals surface area contributed by atoms with E-state index in [0.717, 1.165) is 6.42 Å². The predicted octanol–water partition coefficient (Wildman–Crippen LogP) is 2.98. The third-order valence-corrected chi connectivity index (χ3v) is 4.23. The molecule has 1 N–H and O–H groups in total. The van der Waals surface area contributed by atoms with E-state index < -0.39 is 30.0 Å². The minimum absolute atomic E-state index is 0.165. The minimum Gasteiger partial charge on any atom is -0.326 e. The second-order valence-electron chi connectivity index (χ2n) is 6.12. The lowest BCUT2D eigenvalue weighted by molar-refractivity contribution is -0.185. The summed E-state index contributed by atoms with van der Waals surface area (Å²) in [6, 6.07) is -0.228. The second-order valence-corrected chi connectivity index (χ2v) is 6.12. The molecule has 1 aromatic heterocycles. The molecule has 23 heavy (non-hydrogen) atoms. The number of aromatic nitrogens is 1. The summed E-state index contributed by atoms with van der Waals surface area (Å²) in [6.45, 7) is 3.90.